The van der Waals surface area contributed by atoms with Crippen LogP contribution in [-0.2, 0) is 17.6 Å². The van der Waals surface area contributed by atoms with Crippen LogP contribution in [-0.4, -0.2) is 18.5 Å². The molecule has 0 amide bonds. The summed E-state index contributed by atoms with van der Waals surface area (Å²) >= 11 is 0. The van der Waals surface area contributed by atoms with E-state index >= 15 is 0 Å². The largest absolute Gasteiger partial charge is 0.478 e. The van der Waals surface area contributed by atoms with Gasteiger partial charge in [-0.05, 0) is 24.0 Å². The maximum Gasteiger partial charge on any atom is 0.186 e. The molecule has 2 atom stereocenters. The molecule has 0 aliphatic carbocycles. The van der Waals surface area contributed by atoms with E-state index in [9.17, 15) is 0 Å². The highest BCUT2D eigenvalue weighted by Gasteiger charge is 2.23. The maximum atomic E-state index is 5.82. The third-order valence-corrected chi connectivity index (χ3v) is 3.85. The van der Waals surface area contributed by atoms with Gasteiger partial charge in [-0.3, -0.25) is 0 Å². The van der Waals surface area contributed by atoms with Crippen LogP contribution in [0.5, 0.6) is 0 Å². The summed E-state index contributed by atoms with van der Waals surface area (Å²) in [5.74, 6) is 1.26. The fraction of sp³-hybridized carbons (Fsp3) is 0.316. The van der Waals surface area contributed by atoms with E-state index in [-0.39, 0.29) is 6.04 Å². The van der Waals surface area contributed by atoms with Gasteiger partial charge in [-0.15, -0.1) is 0 Å². The van der Waals surface area contributed by atoms with Gasteiger partial charge in [0.1, 0.15) is 6.61 Å². The zero-order valence-corrected chi connectivity index (χ0v) is 12.4. The van der Waals surface area contributed by atoms with Crippen molar-refractivity contribution in [2.75, 3.05) is 6.61 Å². The summed E-state index contributed by atoms with van der Waals surface area (Å²) in [6, 6.07) is 21.3. The standard InChI is InChI=1S/C19H21NO/c1-15(12-16-8-4-2-5-9-16)19-20-18(14-21-19)13-17-10-6-3-7-11-17/h2-11,15,18H,12-14H2,1H3/t15-,18-/m0/s1. The fourth-order valence-corrected chi connectivity index (χ4v) is 2.75. The highest BCUT2D eigenvalue weighted by molar-refractivity contribution is 5.80. The minimum absolute atomic E-state index is 0.264. The number of hydrogen-bond donors (Lipinski definition) is 0. The summed E-state index contributed by atoms with van der Waals surface area (Å²) in [6.45, 7) is 2.90. The first kappa shape index (κ1) is 13.9. The fourth-order valence-electron chi connectivity index (χ4n) is 2.75. The van der Waals surface area contributed by atoms with Crippen LogP contribution in [0.1, 0.15) is 18.1 Å². The van der Waals surface area contributed by atoms with Crippen molar-refractivity contribution in [3.8, 4) is 0 Å². The molecule has 2 nitrogen and oxygen atoms in total. The van der Waals surface area contributed by atoms with E-state index in [4.69, 9.17) is 9.73 Å². The Hall–Kier alpha value is -2.09. The Morgan fingerprint density at radius 1 is 1.00 bits per heavy atom. The van der Waals surface area contributed by atoms with Crippen LogP contribution in [0.15, 0.2) is 65.7 Å². The minimum Gasteiger partial charge on any atom is -0.478 e. The Morgan fingerprint density at radius 3 is 2.29 bits per heavy atom. The number of aliphatic imine (C=N–C) groups is 1. The van der Waals surface area contributed by atoms with Crippen LogP contribution < -0.4 is 0 Å². The predicted octanol–water partition coefficient (Wildman–Crippen LogP) is 3.91. The second-order valence-electron chi connectivity index (χ2n) is 5.71. The van der Waals surface area contributed by atoms with Crippen molar-refractivity contribution in [1.82, 2.24) is 0 Å². The lowest BCUT2D eigenvalue weighted by Gasteiger charge is -2.10. The number of benzene rings is 2. The monoisotopic (exact) mass is 279 g/mol. The summed E-state index contributed by atoms with van der Waals surface area (Å²) in [5, 5.41) is 0. The average Bonchev–Trinajstić information content (AvgIpc) is 2.98. The molecule has 0 fully saturated rings. The molecule has 2 heteroatoms. The van der Waals surface area contributed by atoms with Crippen molar-refractivity contribution in [2.45, 2.75) is 25.8 Å². The lowest BCUT2D eigenvalue weighted by molar-refractivity contribution is 0.298. The van der Waals surface area contributed by atoms with Crippen LogP contribution in [0.3, 0.4) is 0 Å². The molecular weight excluding hydrogens is 258 g/mol. The number of ether oxygens (including phenoxy) is 1. The third-order valence-electron chi connectivity index (χ3n) is 3.85. The van der Waals surface area contributed by atoms with E-state index in [1.54, 1.807) is 0 Å². The van der Waals surface area contributed by atoms with Gasteiger partial charge >= 0.3 is 0 Å². The predicted molar refractivity (Wildman–Crippen MR) is 86.6 cm³/mol. The molecule has 0 unspecified atom stereocenters. The first-order valence-electron chi connectivity index (χ1n) is 7.59. The normalized spacial score (nSPS) is 18.9. The Balaban J connectivity index is 1.60. The average molecular weight is 279 g/mol. The van der Waals surface area contributed by atoms with Crippen molar-refractivity contribution in [2.24, 2.45) is 10.9 Å². The van der Waals surface area contributed by atoms with Gasteiger partial charge in [0.05, 0.1) is 6.04 Å². The van der Waals surface area contributed by atoms with Crippen LogP contribution in [0.2, 0.25) is 0 Å². The van der Waals surface area contributed by atoms with E-state index in [0.717, 1.165) is 18.7 Å². The van der Waals surface area contributed by atoms with Gasteiger partial charge < -0.3 is 4.74 Å². The van der Waals surface area contributed by atoms with Crippen LogP contribution in [0, 0.1) is 5.92 Å². The number of nitrogens with zero attached hydrogens (tertiary/aromatic N) is 1. The van der Waals surface area contributed by atoms with E-state index in [0.29, 0.717) is 12.5 Å². The van der Waals surface area contributed by atoms with Gasteiger partial charge in [-0.25, -0.2) is 4.99 Å². The Labute approximate surface area is 126 Å². The Morgan fingerprint density at radius 2 is 1.62 bits per heavy atom. The first-order chi connectivity index (χ1) is 10.3. The summed E-state index contributed by atoms with van der Waals surface area (Å²) in [7, 11) is 0. The second kappa shape index (κ2) is 6.57. The highest BCUT2D eigenvalue weighted by Crippen LogP contribution is 2.18. The van der Waals surface area contributed by atoms with Gasteiger partial charge in [0, 0.05) is 5.92 Å². The summed E-state index contributed by atoms with van der Waals surface area (Å²) in [4.78, 5) is 4.77. The van der Waals surface area contributed by atoms with Gasteiger partial charge in [0.15, 0.2) is 5.90 Å². The van der Waals surface area contributed by atoms with Crippen LogP contribution in [0.4, 0.5) is 0 Å². The van der Waals surface area contributed by atoms with Crippen molar-refractivity contribution in [3.63, 3.8) is 0 Å². The zero-order valence-electron chi connectivity index (χ0n) is 12.4. The molecule has 0 spiro atoms. The molecule has 21 heavy (non-hydrogen) atoms. The third kappa shape index (κ3) is 3.72. The van der Waals surface area contributed by atoms with E-state index < -0.39 is 0 Å². The SMILES string of the molecule is C[C@@H](Cc1ccccc1)C1=N[C@@H](Cc2ccccc2)CO1. The molecule has 0 bridgehead atoms. The number of rotatable bonds is 5. The van der Waals surface area contributed by atoms with E-state index in [1.807, 2.05) is 12.1 Å². The Bertz CT molecular complexity index is 591. The first-order valence-corrected chi connectivity index (χ1v) is 7.59. The molecule has 3 rings (SSSR count). The quantitative estimate of drug-likeness (QED) is 0.813. The van der Waals surface area contributed by atoms with E-state index in [2.05, 4.69) is 55.5 Å². The smallest absolute Gasteiger partial charge is 0.186 e. The molecule has 1 aliphatic rings. The maximum absolute atomic E-state index is 5.82. The highest BCUT2D eigenvalue weighted by atomic mass is 16.5. The van der Waals surface area contributed by atoms with Crippen molar-refractivity contribution < 1.29 is 4.74 Å². The molecule has 0 N–H and O–H groups in total. The molecule has 0 aromatic heterocycles. The topological polar surface area (TPSA) is 21.6 Å². The molecule has 1 aliphatic heterocycles. The minimum atomic E-state index is 0.264. The van der Waals surface area contributed by atoms with Crippen LogP contribution in [0.25, 0.3) is 0 Å². The Kier molecular flexibility index (Phi) is 4.34. The van der Waals surface area contributed by atoms with Gasteiger partial charge in [0.2, 0.25) is 0 Å². The van der Waals surface area contributed by atoms with Gasteiger partial charge in [-0.2, -0.15) is 0 Å². The van der Waals surface area contributed by atoms with Gasteiger partial charge in [0.25, 0.3) is 0 Å². The molecule has 0 radical (unpaired) electrons. The zero-order chi connectivity index (χ0) is 14.5. The summed E-state index contributed by atoms with van der Waals surface area (Å²) in [5.41, 5.74) is 2.66. The summed E-state index contributed by atoms with van der Waals surface area (Å²) < 4.78 is 5.82. The lowest BCUT2D eigenvalue weighted by atomic mass is 10.0. The lowest BCUT2D eigenvalue weighted by Crippen LogP contribution is -2.14. The molecule has 0 saturated carbocycles. The van der Waals surface area contributed by atoms with Crippen molar-refractivity contribution in [1.29, 1.82) is 0 Å². The molecular formula is C19H21NO. The van der Waals surface area contributed by atoms with Crippen LogP contribution >= 0.6 is 0 Å². The van der Waals surface area contributed by atoms with Gasteiger partial charge in [-0.1, -0.05) is 67.6 Å². The van der Waals surface area contributed by atoms with Crippen molar-refractivity contribution >= 4 is 5.90 Å². The molecule has 2 aromatic rings. The number of hydrogen-bond acceptors (Lipinski definition) is 2. The summed E-state index contributed by atoms with van der Waals surface area (Å²) in [6.07, 6.45) is 1.94. The molecule has 0 saturated heterocycles. The van der Waals surface area contributed by atoms with Crippen molar-refractivity contribution in [3.05, 3.63) is 71.8 Å². The second-order valence-corrected chi connectivity index (χ2v) is 5.71. The van der Waals surface area contributed by atoms with E-state index in [1.165, 1.54) is 11.1 Å². The molecule has 2 aromatic carbocycles. The molecule has 1 heterocycles. The molecule has 108 valence electrons.